The number of nitrogens with zero attached hydrogens (tertiary/aromatic N) is 3. The van der Waals surface area contributed by atoms with Crippen LogP contribution >= 0.6 is 0 Å². The second-order valence-electron chi connectivity index (χ2n) is 4.52. The molecule has 21 heavy (non-hydrogen) atoms. The maximum atomic E-state index is 11.5. The number of pyridine rings is 1. The maximum Gasteiger partial charge on any atom is 0.180 e. The number of nitrogens with one attached hydrogen (secondary N) is 1. The molecule has 2 rings (SSSR count). The van der Waals surface area contributed by atoms with Crippen molar-refractivity contribution in [3.05, 3.63) is 48.8 Å². The predicted molar refractivity (Wildman–Crippen MR) is 82.5 cm³/mol. The fraction of sp³-hybridized carbons (Fsp3) is 0.214. The Balaban J connectivity index is 2.44. The molecule has 0 bridgehead atoms. The number of aromatic nitrogens is 3. The molecule has 0 fully saturated rings. The summed E-state index contributed by atoms with van der Waals surface area (Å²) in [5, 5.41) is 3.04. The first-order valence-electron chi connectivity index (χ1n) is 6.30. The summed E-state index contributed by atoms with van der Waals surface area (Å²) in [4.78, 5) is 12.8. The normalized spacial score (nSPS) is 11.1. The fourth-order valence-corrected chi connectivity index (χ4v) is 2.40. The van der Waals surface area contributed by atoms with Crippen molar-refractivity contribution in [3.63, 3.8) is 0 Å². The van der Waals surface area contributed by atoms with Gasteiger partial charge in [0.15, 0.2) is 15.7 Å². The molecule has 2 aromatic heterocycles. The number of hydrogen-bond donors (Lipinski definition) is 1. The lowest BCUT2D eigenvalue weighted by Gasteiger charge is -2.08. The van der Waals surface area contributed by atoms with E-state index < -0.39 is 9.84 Å². The molecule has 6 nitrogen and oxygen atoms in total. The SMILES string of the molecule is C=CCNc1cc(CS(C)(=O)=O)nc(-c2ccccn2)n1. The van der Waals surface area contributed by atoms with Crippen molar-refractivity contribution in [1.29, 1.82) is 0 Å². The molecular formula is C14H16N4O2S. The van der Waals surface area contributed by atoms with Crippen LogP contribution in [0.1, 0.15) is 5.69 Å². The molecule has 0 aliphatic rings. The average molecular weight is 304 g/mol. The highest BCUT2D eigenvalue weighted by molar-refractivity contribution is 7.89. The topological polar surface area (TPSA) is 84.8 Å². The van der Waals surface area contributed by atoms with E-state index in [2.05, 4.69) is 26.8 Å². The van der Waals surface area contributed by atoms with Crippen LogP contribution < -0.4 is 5.32 Å². The van der Waals surface area contributed by atoms with Crippen LogP contribution in [0.5, 0.6) is 0 Å². The van der Waals surface area contributed by atoms with Crippen LogP contribution in [0.25, 0.3) is 11.5 Å². The Morgan fingerprint density at radius 3 is 2.76 bits per heavy atom. The first-order valence-corrected chi connectivity index (χ1v) is 8.36. The molecule has 0 aliphatic heterocycles. The Bertz CT molecular complexity index is 730. The fourth-order valence-electron chi connectivity index (χ4n) is 1.72. The van der Waals surface area contributed by atoms with Crippen molar-refractivity contribution in [2.75, 3.05) is 18.1 Å². The van der Waals surface area contributed by atoms with Crippen LogP contribution in [-0.4, -0.2) is 36.2 Å². The third-order valence-electron chi connectivity index (χ3n) is 2.51. The van der Waals surface area contributed by atoms with Gasteiger partial charge < -0.3 is 5.32 Å². The number of anilines is 1. The molecule has 0 aromatic carbocycles. The van der Waals surface area contributed by atoms with E-state index in [0.717, 1.165) is 0 Å². The molecule has 0 spiro atoms. The summed E-state index contributed by atoms with van der Waals surface area (Å²) < 4.78 is 22.9. The molecule has 2 aromatic rings. The van der Waals surface area contributed by atoms with Gasteiger partial charge in [-0.05, 0) is 12.1 Å². The van der Waals surface area contributed by atoms with E-state index in [4.69, 9.17) is 0 Å². The molecule has 0 aliphatic carbocycles. The molecule has 0 saturated heterocycles. The van der Waals surface area contributed by atoms with Crippen LogP contribution in [0.15, 0.2) is 43.1 Å². The highest BCUT2D eigenvalue weighted by Crippen LogP contribution is 2.17. The monoisotopic (exact) mass is 304 g/mol. The molecule has 0 radical (unpaired) electrons. The Hall–Kier alpha value is -2.28. The lowest BCUT2D eigenvalue weighted by molar-refractivity contribution is 0.600. The molecule has 2 heterocycles. The quantitative estimate of drug-likeness (QED) is 0.817. The zero-order chi connectivity index (χ0) is 15.3. The molecule has 0 unspecified atom stereocenters. The van der Waals surface area contributed by atoms with Crippen molar-refractivity contribution < 1.29 is 8.42 Å². The second kappa shape index (κ2) is 6.45. The van der Waals surface area contributed by atoms with E-state index in [1.807, 2.05) is 6.07 Å². The third kappa shape index (κ3) is 4.64. The Kier molecular flexibility index (Phi) is 4.64. The minimum atomic E-state index is -3.17. The summed E-state index contributed by atoms with van der Waals surface area (Å²) in [6.45, 7) is 4.15. The van der Waals surface area contributed by atoms with Gasteiger partial charge in [0, 0.05) is 25.1 Å². The highest BCUT2D eigenvalue weighted by atomic mass is 32.2. The van der Waals surface area contributed by atoms with Crippen LogP contribution in [0, 0.1) is 0 Å². The second-order valence-corrected chi connectivity index (χ2v) is 6.66. The van der Waals surface area contributed by atoms with Crippen molar-refractivity contribution in [2.45, 2.75) is 5.75 Å². The van der Waals surface area contributed by atoms with E-state index in [-0.39, 0.29) is 5.75 Å². The van der Waals surface area contributed by atoms with Gasteiger partial charge in [-0.1, -0.05) is 12.1 Å². The van der Waals surface area contributed by atoms with E-state index in [1.165, 1.54) is 6.26 Å². The van der Waals surface area contributed by atoms with Gasteiger partial charge in [0.25, 0.3) is 0 Å². The molecular weight excluding hydrogens is 288 g/mol. The van der Waals surface area contributed by atoms with E-state index in [0.29, 0.717) is 29.6 Å². The summed E-state index contributed by atoms with van der Waals surface area (Å²) in [5.41, 5.74) is 1.02. The lowest BCUT2D eigenvalue weighted by atomic mass is 10.3. The Morgan fingerprint density at radius 1 is 1.33 bits per heavy atom. The van der Waals surface area contributed by atoms with Gasteiger partial charge in [-0.25, -0.2) is 18.4 Å². The van der Waals surface area contributed by atoms with E-state index in [1.54, 1.807) is 30.5 Å². The summed E-state index contributed by atoms with van der Waals surface area (Å²) in [6, 6.07) is 7.01. The van der Waals surface area contributed by atoms with Gasteiger partial charge in [-0.15, -0.1) is 6.58 Å². The predicted octanol–water partition coefficient (Wildman–Crippen LogP) is 1.68. The maximum absolute atomic E-state index is 11.5. The highest BCUT2D eigenvalue weighted by Gasteiger charge is 2.11. The van der Waals surface area contributed by atoms with Gasteiger partial charge in [0.2, 0.25) is 0 Å². The number of rotatable bonds is 6. The summed E-state index contributed by atoms with van der Waals surface area (Å²) in [5.74, 6) is 0.797. The summed E-state index contributed by atoms with van der Waals surface area (Å²) in [7, 11) is -3.17. The molecule has 1 N–H and O–H groups in total. The Labute approximate surface area is 123 Å². The zero-order valence-corrected chi connectivity index (χ0v) is 12.5. The molecule has 7 heteroatoms. The van der Waals surface area contributed by atoms with Crippen LogP contribution in [0.3, 0.4) is 0 Å². The van der Waals surface area contributed by atoms with Crippen molar-refractivity contribution >= 4 is 15.7 Å². The Morgan fingerprint density at radius 2 is 2.14 bits per heavy atom. The molecule has 0 saturated carbocycles. The van der Waals surface area contributed by atoms with Crippen LogP contribution in [-0.2, 0) is 15.6 Å². The minimum absolute atomic E-state index is 0.141. The molecule has 0 amide bonds. The van der Waals surface area contributed by atoms with Crippen LogP contribution in [0.2, 0.25) is 0 Å². The van der Waals surface area contributed by atoms with Crippen molar-refractivity contribution in [1.82, 2.24) is 15.0 Å². The van der Waals surface area contributed by atoms with Crippen molar-refractivity contribution in [2.24, 2.45) is 0 Å². The molecule has 110 valence electrons. The van der Waals surface area contributed by atoms with Gasteiger partial charge in [0.1, 0.15) is 11.5 Å². The summed E-state index contributed by atoms with van der Waals surface area (Å²) >= 11 is 0. The zero-order valence-electron chi connectivity index (χ0n) is 11.7. The van der Waals surface area contributed by atoms with Gasteiger partial charge in [-0.3, -0.25) is 4.98 Å². The van der Waals surface area contributed by atoms with Gasteiger partial charge in [-0.2, -0.15) is 0 Å². The average Bonchev–Trinajstić information content (AvgIpc) is 2.44. The third-order valence-corrected chi connectivity index (χ3v) is 3.33. The minimum Gasteiger partial charge on any atom is -0.366 e. The van der Waals surface area contributed by atoms with Gasteiger partial charge in [0.05, 0.1) is 11.4 Å². The first kappa shape index (κ1) is 15.1. The van der Waals surface area contributed by atoms with Crippen molar-refractivity contribution in [3.8, 4) is 11.5 Å². The lowest BCUT2D eigenvalue weighted by Crippen LogP contribution is -2.08. The van der Waals surface area contributed by atoms with Gasteiger partial charge >= 0.3 is 0 Å². The number of sulfone groups is 1. The summed E-state index contributed by atoms with van der Waals surface area (Å²) in [6.07, 6.45) is 4.50. The van der Waals surface area contributed by atoms with E-state index >= 15 is 0 Å². The van der Waals surface area contributed by atoms with Crippen LogP contribution in [0.4, 0.5) is 5.82 Å². The largest absolute Gasteiger partial charge is 0.366 e. The first-order chi connectivity index (χ1) is 9.98. The number of hydrogen-bond acceptors (Lipinski definition) is 6. The molecule has 0 atom stereocenters. The standard InChI is InChI=1S/C14H16N4O2S/c1-3-7-16-13-9-11(10-21(2,19)20)17-14(18-13)12-6-4-5-8-15-12/h3-6,8-9H,1,7,10H2,2H3,(H,16,17,18). The smallest absolute Gasteiger partial charge is 0.180 e. The van der Waals surface area contributed by atoms with E-state index in [9.17, 15) is 8.42 Å².